The van der Waals surface area contributed by atoms with E-state index in [0.29, 0.717) is 6.61 Å². The molecule has 2 aromatic carbocycles. The number of hydrogen-bond acceptors (Lipinski definition) is 5. The minimum Gasteiger partial charge on any atom is -0.489 e. The Morgan fingerprint density at radius 3 is 2.50 bits per heavy atom. The van der Waals surface area contributed by atoms with Gasteiger partial charge in [-0.1, -0.05) is 48.5 Å². The van der Waals surface area contributed by atoms with Gasteiger partial charge in [-0.2, -0.15) is 5.10 Å². The highest BCUT2D eigenvalue weighted by Gasteiger charge is 2.16. The molecule has 4 rings (SSSR count). The van der Waals surface area contributed by atoms with Crippen LogP contribution in [0.5, 0.6) is 5.75 Å². The Balaban J connectivity index is 1.30. The van der Waals surface area contributed by atoms with Gasteiger partial charge in [0, 0.05) is 19.3 Å². The number of hydrazone groups is 1. The summed E-state index contributed by atoms with van der Waals surface area (Å²) in [6.45, 7) is 4.19. The fourth-order valence-electron chi connectivity index (χ4n) is 3.16. The van der Waals surface area contributed by atoms with Gasteiger partial charge in [-0.05, 0) is 35.4 Å². The molecular formula is C23H24N4O. The predicted octanol–water partition coefficient (Wildman–Crippen LogP) is 3.82. The highest BCUT2D eigenvalue weighted by molar-refractivity contribution is 5.80. The van der Waals surface area contributed by atoms with E-state index in [9.17, 15) is 0 Å². The third-order valence-electron chi connectivity index (χ3n) is 4.71. The maximum absolute atomic E-state index is 5.90. The number of pyridine rings is 1. The molecule has 0 spiro atoms. The zero-order chi connectivity index (χ0) is 19.0. The Bertz CT molecular complexity index is 891. The average molecular weight is 372 g/mol. The molecule has 1 aliphatic rings. The molecule has 1 aromatic heterocycles. The van der Waals surface area contributed by atoms with Crippen LogP contribution in [0.1, 0.15) is 11.1 Å². The van der Waals surface area contributed by atoms with Crippen LogP contribution in [0.2, 0.25) is 0 Å². The summed E-state index contributed by atoms with van der Waals surface area (Å²) in [4.78, 5) is 6.72. The average Bonchev–Trinajstić information content (AvgIpc) is 2.78. The molecule has 0 atom stereocenters. The third kappa shape index (κ3) is 4.88. The molecule has 5 heteroatoms. The van der Waals surface area contributed by atoms with Crippen LogP contribution >= 0.6 is 0 Å². The monoisotopic (exact) mass is 372 g/mol. The van der Waals surface area contributed by atoms with Gasteiger partial charge < -0.3 is 9.64 Å². The molecule has 0 bridgehead atoms. The van der Waals surface area contributed by atoms with E-state index in [-0.39, 0.29) is 0 Å². The van der Waals surface area contributed by atoms with Crippen molar-refractivity contribution in [3.63, 3.8) is 0 Å². The summed E-state index contributed by atoms with van der Waals surface area (Å²) in [5.74, 6) is 1.89. The molecule has 3 aromatic rings. The number of anilines is 1. The minimum atomic E-state index is 0.566. The lowest BCUT2D eigenvalue weighted by atomic mass is 10.2. The SMILES string of the molecule is C(=N/N1CCN(c2ccccn2)CC1)/c1cccc(OCc2ccccc2)c1. The predicted molar refractivity (Wildman–Crippen MR) is 113 cm³/mol. The van der Waals surface area contributed by atoms with Crippen molar-refractivity contribution in [2.45, 2.75) is 6.61 Å². The minimum absolute atomic E-state index is 0.566. The lowest BCUT2D eigenvalue weighted by Crippen LogP contribution is -2.44. The number of hydrogen-bond donors (Lipinski definition) is 0. The first kappa shape index (κ1) is 18.0. The molecule has 0 aliphatic carbocycles. The lowest BCUT2D eigenvalue weighted by Gasteiger charge is -2.33. The van der Waals surface area contributed by atoms with Crippen LogP contribution in [-0.4, -0.2) is 42.4 Å². The van der Waals surface area contributed by atoms with E-state index >= 15 is 0 Å². The van der Waals surface area contributed by atoms with Gasteiger partial charge in [-0.25, -0.2) is 4.98 Å². The van der Waals surface area contributed by atoms with Crippen molar-refractivity contribution in [2.24, 2.45) is 5.10 Å². The summed E-state index contributed by atoms with van der Waals surface area (Å²) >= 11 is 0. The van der Waals surface area contributed by atoms with Crippen molar-refractivity contribution < 1.29 is 4.74 Å². The number of aromatic nitrogens is 1. The van der Waals surface area contributed by atoms with Crippen molar-refractivity contribution in [2.75, 3.05) is 31.1 Å². The Morgan fingerprint density at radius 2 is 1.71 bits per heavy atom. The van der Waals surface area contributed by atoms with Gasteiger partial charge in [-0.3, -0.25) is 5.01 Å². The van der Waals surface area contributed by atoms with Crippen molar-refractivity contribution >= 4 is 12.0 Å². The van der Waals surface area contributed by atoms with Crippen LogP contribution in [0.4, 0.5) is 5.82 Å². The smallest absolute Gasteiger partial charge is 0.128 e. The van der Waals surface area contributed by atoms with Gasteiger partial charge >= 0.3 is 0 Å². The van der Waals surface area contributed by atoms with E-state index < -0.39 is 0 Å². The van der Waals surface area contributed by atoms with E-state index in [4.69, 9.17) is 4.74 Å². The number of rotatable bonds is 6. The number of benzene rings is 2. The van der Waals surface area contributed by atoms with E-state index in [1.807, 2.05) is 67.0 Å². The van der Waals surface area contributed by atoms with Crippen molar-refractivity contribution in [1.29, 1.82) is 0 Å². The normalized spacial score (nSPS) is 14.4. The summed E-state index contributed by atoms with van der Waals surface area (Å²) in [5, 5.41) is 6.75. The molecular weight excluding hydrogens is 348 g/mol. The quantitative estimate of drug-likeness (QED) is 0.617. The van der Waals surface area contributed by atoms with E-state index in [1.165, 1.54) is 0 Å². The molecule has 0 N–H and O–H groups in total. The van der Waals surface area contributed by atoms with Crippen molar-refractivity contribution in [1.82, 2.24) is 9.99 Å². The molecule has 1 fully saturated rings. The maximum Gasteiger partial charge on any atom is 0.128 e. The van der Waals surface area contributed by atoms with Gasteiger partial charge in [-0.15, -0.1) is 0 Å². The van der Waals surface area contributed by atoms with Gasteiger partial charge in [0.25, 0.3) is 0 Å². The first-order valence-electron chi connectivity index (χ1n) is 9.58. The van der Waals surface area contributed by atoms with Gasteiger partial charge in [0.05, 0.1) is 19.3 Å². The molecule has 28 heavy (non-hydrogen) atoms. The first-order valence-corrected chi connectivity index (χ1v) is 9.58. The van der Waals surface area contributed by atoms with Gasteiger partial charge in [0.15, 0.2) is 0 Å². The Labute approximate surface area is 165 Å². The van der Waals surface area contributed by atoms with Gasteiger partial charge in [0.1, 0.15) is 18.2 Å². The second-order valence-corrected chi connectivity index (χ2v) is 6.72. The van der Waals surface area contributed by atoms with E-state index in [1.54, 1.807) is 0 Å². The topological polar surface area (TPSA) is 41.0 Å². The maximum atomic E-state index is 5.90. The Morgan fingerprint density at radius 1 is 0.893 bits per heavy atom. The molecule has 142 valence electrons. The van der Waals surface area contributed by atoms with Crippen molar-refractivity contribution in [3.05, 3.63) is 90.1 Å². The summed E-state index contributed by atoms with van der Waals surface area (Å²) in [6.07, 6.45) is 3.75. The lowest BCUT2D eigenvalue weighted by molar-refractivity contribution is 0.271. The second kappa shape index (κ2) is 9.04. The molecule has 2 heterocycles. The molecule has 0 radical (unpaired) electrons. The van der Waals surface area contributed by atoms with Crippen LogP contribution in [0, 0.1) is 0 Å². The summed E-state index contributed by atoms with van der Waals surface area (Å²) in [5.41, 5.74) is 2.20. The van der Waals surface area contributed by atoms with E-state index in [2.05, 4.69) is 38.2 Å². The number of nitrogens with zero attached hydrogens (tertiary/aromatic N) is 4. The van der Waals surface area contributed by atoms with Crippen molar-refractivity contribution in [3.8, 4) is 5.75 Å². The van der Waals surface area contributed by atoms with Gasteiger partial charge in [0.2, 0.25) is 0 Å². The molecule has 0 saturated carbocycles. The van der Waals surface area contributed by atoms with E-state index in [0.717, 1.165) is 48.9 Å². The molecule has 5 nitrogen and oxygen atoms in total. The fraction of sp³-hybridized carbons (Fsp3) is 0.217. The molecule has 1 aliphatic heterocycles. The van der Waals surface area contributed by atoms with Crippen LogP contribution < -0.4 is 9.64 Å². The zero-order valence-electron chi connectivity index (χ0n) is 15.8. The van der Waals surface area contributed by atoms with Crippen LogP contribution in [0.3, 0.4) is 0 Å². The Kier molecular flexibility index (Phi) is 5.83. The molecule has 1 saturated heterocycles. The highest BCUT2D eigenvalue weighted by atomic mass is 16.5. The van der Waals surface area contributed by atoms with Crippen LogP contribution in [0.15, 0.2) is 84.1 Å². The number of ether oxygens (including phenoxy) is 1. The summed E-state index contributed by atoms with van der Waals surface area (Å²) in [6, 6.07) is 24.3. The largest absolute Gasteiger partial charge is 0.489 e. The summed E-state index contributed by atoms with van der Waals surface area (Å²) in [7, 11) is 0. The fourth-order valence-corrected chi connectivity index (χ4v) is 3.16. The zero-order valence-corrected chi connectivity index (χ0v) is 15.8. The van der Waals surface area contributed by atoms with Crippen LogP contribution in [-0.2, 0) is 6.61 Å². The Hall–Kier alpha value is -3.34. The standard InChI is InChI=1S/C23H24N4O/c1-2-7-20(8-3-1)19-28-22-10-6-9-21(17-22)18-25-27-15-13-26(14-16-27)23-11-4-5-12-24-23/h1-12,17-18H,13-16,19H2/b25-18-. The molecule has 0 unspecified atom stereocenters. The number of piperazine rings is 1. The first-order chi connectivity index (χ1) is 13.9. The molecule has 0 amide bonds. The highest BCUT2D eigenvalue weighted by Crippen LogP contribution is 2.15. The van der Waals surface area contributed by atoms with Crippen LogP contribution in [0.25, 0.3) is 0 Å². The second-order valence-electron chi connectivity index (χ2n) is 6.72. The third-order valence-corrected chi connectivity index (χ3v) is 4.71. The summed E-state index contributed by atoms with van der Waals surface area (Å²) < 4.78 is 5.90.